The normalized spacial score (nSPS) is 18.9. The van der Waals surface area contributed by atoms with E-state index in [2.05, 4.69) is 60.5 Å². The Kier molecular flexibility index (Phi) is 7.57. The third kappa shape index (κ3) is 5.90. The van der Waals surface area contributed by atoms with E-state index in [0.717, 1.165) is 73.4 Å². The van der Waals surface area contributed by atoms with Crippen molar-refractivity contribution < 1.29 is 14.3 Å². The molecule has 2 aliphatic rings. The number of amides is 1. The molecule has 36 heavy (non-hydrogen) atoms. The third-order valence-electron chi connectivity index (χ3n) is 7.29. The monoisotopic (exact) mass is 484 g/mol. The van der Waals surface area contributed by atoms with Crippen molar-refractivity contribution in [3.8, 4) is 11.5 Å². The highest BCUT2D eigenvalue weighted by Crippen LogP contribution is 2.29. The molecule has 5 heteroatoms. The maximum atomic E-state index is 13.6. The summed E-state index contributed by atoms with van der Waals surface area (Å²) in [5.74, 6) is 1.98. The number of benzene rings is 3. The minimum absolute atomic E-state index is 0.155. The Balaban J connectivity index is 1.21. The Morgan fingerprint density at radius 1 is 1.00 bits per heavy atom. The van der Waals surface area contributed by atoms with Crippen molar-refractivity contribution in [1.29, 1.82) is 0 Å². The molecule has 188 valence electrons. The number of carbonyl (C=O) groups is 1. The second kappa shape index (κ2) is 11.2. The first-order valence-electron chi connectivity index (χ1n) is 13.1. The van der Waals surface area contributed by atoms with E-state index in [-0.39, 0.29) is 11.9 Å². The molecule has 0 radical (unpaired) electrons. The number of nitrogens with one attached hydrogen (secondary N) is 1. The molecule has 2 bridgehead atoms. The average molecular weight is 485 g/mol. The first kappa shape index (κ1) is 24.4. The predicted molar refractivity (Wildman–Crippen MR) is 143 cm³/mol. The summed E-state index contributed by atoms with van der Waals surface area (Å²) in [4.78, 5) is 15.7. The van der Waals surface area contributed by atoms with Crippen molar-refractivity contribution in [3.63, 3.8) is 0 Å². The lowest BCUT2D eigenvalue weighted by atomic mass is 9.91. The molecule has 1 fully saturated rings. The van der Waals surface area contributed by atoms with Crippen molar-refractivity contribution in [2.45, 2.75) is 58.0 Å². The number of hydrogen-bond donors (Lipinski definition) is 1. The van der Waals surface area contributed by atoms with Crippen LogP contribution in [0.25, 0.3) is 0 Å². The van der Waals surface area contributed by atoms with E-state index in [1.807, 2.05) is 30.3 Å². The molecule has 2 heterocycles. The number of ether oxygens (including phenoxy) is 2. The molecular formula is C31H36N2O3. The SMILES string of the molecule is Cc1cc(C)cc(C(=O)N2CC[C@H](NCCCc3ccc4cc3OCO4)C[C@H]2Cc2ccccc2)c1. The zero-order valence-electron chi connectivity index (χ0n) is 21.3. The third-order valence-corrected chi connectivity index (χ3v) is 7.29. The van der Waals surface area contributed by atoms with Gasteiger partial charge in [0.2, 0.25) is 6.79 Å². The fourth-order valence-corrected chi connectivity index (χ4v) is 5.56. The van der Waals surface area contributed by atoms with Gasteiger partial charge in [-0.25, -0.2) is 0 Å². The Morgan fingerprint density at radius 3 is 2.61 bits per heavy atom. The van der Waals surface area contributed by atoms with Crippen LogP contribution in [-0.4, -0.2) is 42.8 Å². The molecular weight excluding hydrogens is 448 g/mol. The summed E-state index contributed by atoms with van der Waals surface area (Å²) in [6.45, 7) is 6.15. The molecule has 3 aromatic rings. The summed E-state index contributed by atoms with van der Waals surface area (Å²) < 4.78 is 11.0. The number of nitrogens with zero attached hydrogens (tertiary/aromatic N) is 1. The van der Waals surface area contributed by atoms with Crippen LogP contribution in [-0.2, 0) is 12.8 Å². The summed E-state index contributed by atoms with van der Waals surface area (Å²) in [6.07, 6.45) is 4.83. The van der Waals surface area contributed by atoms with Crippen molar-refractivity contribution in [2.24, 2.45) is 0 Å². The molecule has 2 aliphatic heterocycles. The molecule has 3 aromatic carbocycles. The van der Waals surface area contributed by atoms with E-state index in [4.69, 9.17) is 9.47 Å². The number of likely N-dealkylation sites (tertiary alicyclic amines) is 1. The molecule has 2 atom stereocenters. The number of piperidine rings is 1. The van der Waals surface area contributed by atoms with Crippen molar-refractivity contribution >= 4 is 5.91 Å². The van der Waals surface area contributed by atoms with Gasteiger partial charge >= 0.3 is 0 Å². The van der Waals surface area contributed by atoms with Crippen LogP contribution in [0.2, 0.25) is 0 Å². The van der Waals surface area contributed by atoms with Gasteiger partial charge in [0, 0.05) is 30.3 Å². The van der Waals surface area contributed by atoms with Crippen molar-refractivity contribution in [1.82, 2.24) is 10.2 Å². The minimum atomic E-state index is 0.155. The Morgan fingerprint density at radius 2 is 1.81 bits per heavy atom. The van der Waals surface area contributed by atoms with Gasteiger partial charge in [0.1, 0.15) is 11.5 Å². The molecule has 5 nitrogen and oxygen atoms in total. The molecule has 1 saturated heterocycles. The standard InChI is InChI=1S/C31H36N2O3/c1-22-15-23(2)17-26(16-22)31(34)33-14-12-27(19-28(33)18-24-7-4-3-5-8-24)32-13-6-9-25-10-11-29-20-30(25)36-21-35-29/h3-5,7-8,10-11,15-17,20,27-28,32H,6,9,12-14,18-19,21H2,1-2H3/t27-,28+/m0/s1. The van der Waals surface area contributed by atoms with E-state index in [1.165, 1.54) is 11.1 Å². The topological polar surface area (TPSA) is 50.8 Å². The van der Waals surface area contributed by atoms with E-state index >= 15 is 0 Å². The highest BCUT2D eigenvalue weighted by molar-refractivity contribution is 5.95. The highest BCUT2D eigenvalue weighted by Gasteiger charge is 2.32. The van der Waals surface area contributed by atoms with Gasteiger partial charge < -0.3 is 19.7 Å². The van der Waals surface area contributed by atoms with Gasteiger partial charge in [0.25, 0.3) is 5.91 Å². The highest BCUT2D eigenvalue weighted by atomic mass is 16.7. The largest absolute Gasteiger partial charge is 0.457 e. The van der Waals surface area contributed by atoms with Gasteiger partial charge in [-0.05, 0) is 81.8 Å². The predicted octanol–water partition coefficient (Wildman–Crippen LogP) is 5.47. The smallest absolute Gasteiger partial charge is 0.254 e. The summed E-state index contributed by atoms with van der Waals surface area (Å²) in [5.41, 5.74) is 5.59. The number of hydrogen-bond acceptors (Lipinski definition) is 4. The van der Waals surface area contributed by atoms with Crippen molar-refractivity contribution in [3.05, 3.63) is 94.5 Å². The summed E-state index contributed by atoms with van der Waals surface area (Å²) in [7, 11) is 0. The summed E-state index contributed by atoms with van der Waals surface area (Å²) >= 11 is 0. The molecule has 0 spiro atoms. The fourth-order valence-electron chi connectivity index (χ4n) is 5.56. The van der Waals surface area contributed by atoms with E-state index in [9.17, 15) is 4.79 Å². The van der Waals surface area contributed by atoms with Crippen LogP contribution in [0.3, 0.4) is 0 Å². The minimum Gasteiger partial charge on any atom is -0.457 e. The molecule has 5 rings (SSSR count). The Labute approximate surface area is 214 Å². The quantitative estimate of drug-likeness (QED) is 0.431. The van der Waals surface area contributed by atoms with Crippen LogP contribution < -0.4 is 14.8 Å². The van der Waals surface area contributed by atoms with Crippen LogP contribution in [0.1, 0.15) is 51.9 Å². The van der Waals surface area contributed by atoms with E-state index in [1.54, 1.807) is 0 Å². The molecule has 0 aliphatic carbocycles. The van der Waals surface area contributed by atoms with Gasteiger partial charge in [0.15, 0.2) is 0 Å². The lowest BCUT2D eigenvalue weighted by Gasteiger charge is -2.40. The van der Waals surface area contributed by atoms with Crippen LogP contribution in [0, 0.1) is 13.8 Å². The lowest BCUT2D eigenvalue weighted by molar-refractivity contribution is 0.0577. The van der Waals surface area contributed by atoms with Crippen LogP contribution in [0.5, 0.6) is 11.5 Å². The van der Waals surface area contributed by atoms with Crippen molar-refractivity contribution in [2.75, 3.05) is 19.9 Å². The number of rotatable bonds is 8. The summed E-state index contributed by atoms with van der Waals surface area (Å²) in [5, 5.41) is 3.78. The van der Waals surface area contributed by atoms with Gasteiger partial charge in [-0.15, -0.1) is 0 Å². The van der Waals surface area contributed by atoms with Crippen LogP contribution in [0.4, 0.5) is 0 Å². The average Bonchev–Trinajstić information content (AvgIpc) is 2.88. The molecule has 1 amide bonds. The fraction of sp³-hybridized carbons (Fsp3) is 0.387. The number of aryl methyl sites for hydroxylation is 3. The second-order valence-electron chi connectivity index (χ2n) is 10.2. The maximum Gasteiger partial charge on any atom is 0.254 e. The summed E-state index contributed by atoms with van der Waals surface area (Å²) in [6, 6.07) is 23.4. The van der Waals surface area contributed by atoms with Gasteiger partial charge in [-0.1, -0.05) is 53.6 Å². The zero-order valence-corrected chi connectivity index (χ0v) is 21.3. The molecule has 0 aromatic heterocycles. The Hall–Kier alpha value is -3.31. The van der Waals surface area contributed by atoms with Crippen LogP contribution in [0.15, 0.2) is 66.7 Å². The van der Waals surface area contributed by atoms with E-state index in [0.29, 0.717) is 12.8 Å². The van der Waals surface area contributed by atoms with Gasteiger partial charge in [-0.3, -0.25) is 4.79 Å². The zero-order chi connectivity index (χ0) is 24.9. The van der Waals surface area contributed by atoms with Crippen LogP contribution >= 0.6 is 0 Å². The number of carbonyl (C=O) groups excluding carboxylic acids is 1. The molecule has 0 saturated carbocycles. The molecule has 0 unspecified atom stereocenters. The number of fused-ring (bicyclic) bond motifs is 2. The first-order chi connectivity index (χ1) is 17.5. The lowest BCUT2D eigenvalue weighted by Crippen LogP contribution is -2.52. The van der Waals surface area contributed by atoms with Gasteiger partial charge in [0.05, 0.1) is 0 Å². The van der Waals surface area contributed by atoms with Gasteiger partial charge in [-0.2, -0.15) is 0 Å². The van der Waals surface area contributed by atoms with E-state index < -0.39 is 0 Å². The first-order valence-corrected chi connectivity index (χ1v) is 13.1. The molecule has 1 N–H and O–H groups in total. The Bertz CT molecular complexity index is 1170. The second-order valence-corrected chi connectivity index (χ2v) is 10.2. The maximum absolute atomic E-state index is 13.6.